The van der Waals surface area contributed by atoms with Crippen molar-refractivity contribution in [3.8, 4) is 0 Å². The van der Waals surface area contributed by atoms with Crippen molar-refractivity contribution in [3.05, 3.63) is 35.4 Å². The fourth-order valence-electron chi connectivity index (χ4n) is 3.10. The number of carbonyl (C=O) groups is 1. The van der Waals surface area contributed by atoms with Gasteiger partial charge in [-0.15, -0.1) is 0 Å². The van der Waals surface area contributed by atoms with E-state index in [1.165, 1.54) is 17.0 Å². The fourth-order valence-corrected chi connectivity index (χ4v) is 3.10. The van der Waals surface area contributed by atoms with Gasteiger partial charge in [-0.2, -0.15) is 0 Å². The molecule has 2 atom stereocenters. The van der Waals surface area contributed by atoms with Crippen LogP contribution in [-0.2, 0) is 5.60 Å². The average Bonchev–Trinajstić information content (AvgIpc) is 2.40. The van der Waals surface area contributed by atoms with Crippen LogP contribution < -0.4 is 0 Å². The predicted octanol–water partition coefficient (Wildman–Crippen LogP) is 3.34. The summed E-state index contributed by atoms with van der Waals surface area (Å²) in [7, 11) is 0. The Balaban J connectivity index is 2.42. The summed E-state index contributed by atoms with van der Waals surface area (Å²) in [4.78, 5) is 12.7. The highest BCUT2D eigenvalue weighted by molar-refractivity contribution is 5.66. The van der Waals surface area contributed by atoms with E-state index in [0.29, 0.717) is 0 Å². The molecule has 0 aromatic heterocycles. The van der Waals surface area contributed by atoms with E-state index in [4.69, 9.17) is 0 Å². The van der Waals surface area contributed by atoms with Crippen molar-refractivity contribution in [2.24, 2.45) is 5.41 Å². The molecule has 122 valence electrons. The molecule has 1 aromatic rings. The van der Waals surface area contributed by atoms with Crippen molar-refractivity contribution in [3.63, 3.8) is 0 Å². The van der Waals surface area contributed by atoms with Crippen LogP contribution in [0.15, 0.2) is 18.2 Å². The summed E-state index contributed by atoms with van der Waals surface area (Å²) in [5.41, 5.74) is -2.11. The number of nitrogens with zero attached hydrogens (tertiary/aromatic N) is 1. The van der Waals surface area contributed by atoms with Crippen LogP contribution in [0.4, 0.5) is 13.6 Å². The quantitative estimate of drug-likeness (QED) is 0.836. The smallest absolute Gasteiger partial charge is 0.407 e. The Morgan fingerprint density at radius 3 is 2.55 bits per heavy atom. The molecule has 1 heterocycles. The Morgan fingerprint density at radius 1 is 1.36 bits per heavy atom. The molecule has 0 spiro atoms. The van der Waals surface area contributed by atoms with Gasteiger partial charge < -0.3 is 15.1 Å². The molecule has 1 saturated heterocycles. The zero-order valence-electron chi connectivity index (χ0n) is 12.9. The summed E-state index contributed by atoms with van der Waals surface area (Å²) in [6.07, 6.45) is -1.00. The number of hydrogen-bond acceptors (Lipinski definition) is 2. The number of hydrogen-bond donors (Lipinski definition) is 2. The van der Waals surface area contributed by atoms with Crippen LogP contribution >= 0.6 is 0 Å². The van der Waals surface area contributed by atoms with Crippen LogP contribution in [0.5, 0.6) is 0 Å². The molecule has 22 heavy (non-hydrogen) atoms. The first-order chi connectivity index (χ1) is 10.1. The van der Waals surface area contributed by atoms with Crippen LogP contribution in [0.2, 0.25) is 0 Å². The first kappa shape index (κ1) is 16.7. The molecule has 0 saturated carbocycles. The number of likely N-dealkylation sites (tertiary alicyclic amines) is 1. The number of benzene rings is 1. The second kappa shape index (κ2) is 5.50. The Morgan fingerprint density at radius 2 is 2.00 bits per heavy atom. The maximum Gasteiger partial charge on any atom is 0.407 e. The summed E-state index contributed by atoms with van der Waals surface area (Å²) < 4.78 is 27.5. The summed E-state index contributed by atoms with van der Waals surface area (Å²) in [6.45, 7) is 5.66. The summed E-state index contributed by atoms with van der Waals surface area (Å²) in [5.74, 6) is -2.08. The Kier molecular flexibility index (Phi) is 4.17. The van der Waals surface area contributed by atoms with Gasteiger partial charge in [0.25, 0.3) is 0 Å². The highest BCUT2D eigenvalue weighted by Gasteiger charge is 2.46. The molecular formula is C16H21F2NO3. The topological polar surface area (TPSA) is 60.8 Å². The van der Waals surface area contributed by atoms with Crippen molar-refractivity contribution < 1.29 is 23.8 Å². The van der Waals surface area contributed by atoms with E-state index in [-0.39, 0.29) is 24.9 Å². The molecule has 2 unspecified atom stereocenters. The zero-order chi connectivity index (χ0) is 16.7. The van der Waals surface area contributed by atoms with E-state index in [1.54, 1.807) is 0 Å². The maximum atomic E-state index is 14.0. The maximum absolute atomic E-state index is 14.0. The number of rotatable bonds is 1. The molecule has 0 radical (unpaired) electrons. The van der Waals surface area contributed by atoms with Crippen molar-refractivity contribution >= 4 is 6.09 Å². The molecule has 0 bridgehead atoms. The Labute approximate surface area is 128 Å². The van der Waals surface area contributed by atoms with Gasteiger partial charge in [-0.25, -0.2) is 13.6 Å². The number of aliphatic hydroxyl groups is 1. The van der Waals surface area contributed by atoms with Gasteiger partial charge in [-0.3, -0.25) is 0 Å². The third-order valence-corrected chi connectivity index (χ3v) is 4.37. The SMILES string of the molecule is CC(C)(C)C1CC(O)(c2cccc(F)c2F)CCN1C(=O)O. The number of carboxylic acid groups (broad SMARTS) is 1. The van der Waals surface area contributed by atoms with E-state index in [9.17, 15) is 23.8 Å². The minimum Gasteiger partial charge on any atom is -0.465 e. The minimum absolute atomic E-state index is 0.0309. The zero-order valence-corrected chi connectivity index (χ0v) is 12.9. The third kappa shape index (κ3) is 2.92. The molecule has 0 aliphatic carbocycles. The lowest BCUT2D eigenvalue weighted by Crippen LogP contribution is -2.56. The van der Waals surface area contributed by atoms with Crippen LogP contribution in [0.3, 0.4) is 0 Å². The van der Waals surface area contributed by atoms with Crippen LogP contribution in [-0.4, -0.2) is 33.8 Å². The van der Waals surface area contributed by atoms with Gasteiger partial charge in [0.05, 0.1) is 5.60 Å². The van der Waals surface area contributed by atoms with Crippen LogP contribution in [0.1, 0.15) is 39.2 Å². The largest absolute Gasteiger partial charge is 0.465 e. The van der Waals surface area contributed by atoms with Crippen molar-refractivity contribution in [2.75, 3.05) is 6.54 Å². The van der Waals surface area contributed by atoms with Gasteiger partial charge in [-0.05, 0) is 17.9 Å². The summed E-state index contributed by atoms with van der Waals surface area (Å²) >= 11 is 0. The lowest BCUT2D eigenvalue weighted by Gasteiger charge is -2.48. The van der Waals surface area contributed by atoms with Gasteiger partial charge in [-0.1, -0.05) is 32.9 Å². The van der Waals surface area contributed by atoms with Crippen molar-refractivity contribution in [2.45, 2.75) is 45.3 Å². The molecule has 4 nitrogen and oxygen atoms in total. The first-order valence-corrected chi connectivity index (χ1v) is 7.23. The van der Waals surface area contributed by atoms with Crippen LogP contribution in [0, 0.1) is 17.0 Å². The summed E-state index contributed by atoms with van der Waals surface area (Å²) in [6, 6.07) is 3.21. The Hall–Kier alpha value is -1.69. The second-order valence-corrected chi connectivity index (χ2v) is 6.94. The average molecular weight is 313 g/mol. The first-order valence-electron chi connectivity index (χ1n) is 7.23. The van der Waals surface area contributed by atoms with E-state index in [1.807, 2.05) is 20.8 Å². The van der Waals surface area contributed by atoms with Crippen LogP contribution in [0.25, 0.3) is 0 Å². The molecule has 2 rings (SSSR count). The molecule has 1 fully saturated rings. The van der Waals surface area contributed by atoms with Gasteiger partial charge >= 0.3 is 6.09 Å². The third-order valence-electron chi connectivity index (χ3n) is 4.37. The van der Waals surface area contributed by atoms with Gasteiger partial charge in [0.2, 0.25) is 0 Å². The second-order valence-electron chi connectivity index (χ2n) is 6.94. The fraction of sp³-hybridized carbons (Fsp3) is 0.562. The summed E-state index contributed by atoms with van der Waals surface area (Å²) in [5, 5.41) is 20.2. The highest BCUT2D eigenvalue weighted by atomic mass is 19.2. The van der Waals surface area contributed by atoms with E-state index < -0.39 is 34.8 Å². The normalized spacial score (nSPS) is 26.1. The van der Waals surface area contributed by atoms with Gasteiger partial charge in [0.15, 0.2) is 11.6 Å². The Bertz CT molecular complexity index is 585. The number of piperidine rings is 1. The molecule has 1 aliphatic heterocycles. The van der Waals surface area contributed by atoms with Gasteiger partial charge in [0.1, 0.15) is 0 Å². The number of amides is 1. The molecule has 2 N–H and O–H groups in total. The van der Waals surface area contributed by atoms with Crippen molar-refractivity contribution in [1.29, 1.82) is 0 Å². The van der Waals surface area contributed by atoms with E-state index in [0.717, 1.165) is 6.07 Å². The predicted molar refractivity (Wildman–Crippen MR) is 77.5 cm³/mol. The minimum atomic E-state index is -1.57. The highest BCUT2D eigenvalue weighted by Crippen LogP contribution is 2.42. The van der Waals surface area contributed by atoms with E-state index in [2.05, 4.69) is 0 Å². The molecule has 1 amide bonds. The van der Waals surface area contributed by atoms with Gasteiger partial charge in [0, 0.05) is 24.6 Å². The molecule has 6 heteroatoms. The van der Waals surface area contributed by atoms with Crippen molar-refractivity contribution in [1.82, 2.24) is 4.90 Å². The lowest BCUT2D eigenvalue weighted by atomic mass is 9.72. The molecule has 1 aromatic carbocycles. The number of halogens is 2. The molecular weight excluding hydrogens is 292 g/mol. The monoisotopic (exact) mass is 313 g/mol. The van der Waals surface area contributed by atoms with E-state index >= 15 is 0 Å². The lowest BCUT2D eigenvalue weighted by molar-refractivity contribution is -0.0707. The molecule has 1 aliphatic rings. The standard InChI is InChI=1S/C16H21F2NO3/c1-15(2,3)12-9-16(22,7-8-19(12)14(20)21)10-5-4-6-11(17)13(10)18/h4-6,12,22H,7-9H2,1-3H3,(H,20,21).